The maximum absolute atomic E-state index is 11.6. The van der Waals surface area contributed by atoms with Gasteiger partial charge in [0.25, 0.3) is 5.91 Å². The molecule has 0 aliphatic heterocycles. The van der Waals surface area contributed by atoms with E-state index in [0.29, 0.717) is 12.4 Å². The molecular formula is C16H26N2O3. The molecule has 0 aliphatic rings. The number of benzene rings is 1. The Hall–Kier alpha value is -1.59. The van der Waals surface area contributed by atoms with Crippen molar-refractivity contribution < 1.29 is 14.3 Å². The zero-order valence-corrected chi connectivity index (χ0v) is 13.1. The van der Waals surface area contributed by atoms with Gasteiger partial charge in [0.05, 0.1) is 6.61 Å². The van der Waals surface area contributed by atoms with Gasteiger partial charge in [0, 0.05) is 26.2 Å². The van der Waals surface area contributed by atoms with Gasteiger partial charge in [-0.3, -0.25) is 4.79 Å². The number of methoxy groups -OCH3 is 1. The van der Waals surface area contributed by atoms with Gasteiger partial charge in [-0.05, 0) is 31.0 Å². The van der Waals surface area contributed by atoms with E-state index < -0.39 is 0 Å². The number of hydrogen-bond donors (Lipinski definition) is 2. The summed E-state index contributed by atoms with van der Waals surface area (Å²) in [5.74, 6) is 0.615. The molecule has 0 spiro atoms. The van der Waals surface area contributed by atoms with Crippen LogP contribution >= 0.6 is 0 Å². The lowest BCUT2D eigenvalue weighted by molar-refractivity contribution is -0.123. The minimum Gasteiger partial charge on any atom is -0.484 e. The highest BCUT2D eigenvalue weighted by atomic mass is 16.5. The van der Waals surface area contributed by atoms with Crippen molar-refractivity contribution in [3.8, 4) is 5.75 Å². The zero-order valence-electron chi connectivity index (χ0n) is 13.1. The molecule has 0 heterocycles. The Labute approximate surface area is 127 Å². The predicted octanol–water partition coefficient (Wildman–Crippen LogP) is 1.72. The zero-order chi connectivity index (χ0) is 15.5. The Balaban J connectivity index is 2.29. The van der Waals surface area contributed by atoms with Crippen molar-refractivity contribution in [1.82, 2.24) is 10.6 Å². The molecule has 1 atom stereocenters. The van der Waals surface area contributed by atoms with Gasteiger partial charge < -0.3 is 20.1 Å². The summed E-state index contributed by atoms with van der Waals surface area (Å²) in [6.45, 7) is 6.37. The summed E-state index contributed by atoms with van der Waals surface area (Å²) in [5, 5.41) is 6.14. The minimum absolute atomic E-state index is 0.0514. The van der Waals surface area contributed by atoms with Crippen LogP contribution in [0.1, 0.15) is 25.8 Å². The fraction of sp³-hybridized carbons (Fsp3) is 0.562. The second kappa shape index (κ2) is 10.2. The highest BCUT2D eigenvalue weighted by molar-refractivity contribution is 5.77. The van der Waals surface area contributed by atoms with Crippen molar-refractivity contribution in [2.75, 3.05) is 26.9 Å². The van der Waals surface area contributed by atoms with E-state index in [9.17, 15) is 4.79 Å². The monoisotopic (exact) mass is 294 g/mol. The second-order valence-corrected chi connectivity index (χ2v) is 4.98. The third-order valence-corrected chi connectivity index (χ3v) is 3.13. The first-order valence-corrected chi connectivity index (χ1v) is 7.36. The van der Waals surface area contributed by atoms with Crippen LogP contribution in [0.2, 0.25) is 0 Å². The maximum Gasteiger partial charge on any atom is 0.258 e. The normalized spacial score (nSPS) is 12.0. The van der Waals surface area contributed by atoms with Gasteiger partial charge in [0.2, 0.25) is 0 Å². The van der Waals surface area contributed by atoms with Crippen LogP contribution in [0.25, 0.3) is 0 Å². The number of hydrogen-bond acceptors (Lipinski definition) is 4. The molecule has 2 N–H and O–H groups in total. The SMILES string of the molecule is CCC(C)NC(=O)COc1ccc(CNCCOC)cc1. The van der Waals surface area contributed by atoms with E-state index in [1.807, 2.05) is 38.1 Å². The van der Waals surface area contributed by atoms with E-state index in [1.165, 1.54) is 5.56 Å². The van der Waals surface area contributed by atoms with Crippen LogP contribution < -0.4 is 15.4 Å². The van der Waals surface area contributed by atoms with Crippen LogP contribution in [-0.4, -0.2) is 38.8 Å². The highest BCUT2D eigenvalue weighted by Gasteiger charge is 2.06. The second-order valence-electron chi connectivity index (χ2n) is 4.98. The van der Waals surface area contributed by atoms with Gasteiger partial charge in [-0.1, -0.05) is 19.1 Å². The van der Waals surface area contributed by atoms with Crippen molar-refractivity contribution in [1.29, 1.82) is 0 Å². The van der Waals surface area contributed by atoms with Crippen molar-refractivity contribution in [2.24, 2.45) is 0 Å². The summed E-state index contributed by atoms with van der Waals surface area (Å²) in [5.41, 5.74) is 1.17. The number of ether oxygens (including phenoxy) is 2. The molecule has 1 aromatic carbocycles. The van der Waals surface area contributed by atoms with Crippen molar-refractivity contribution in [2.45, 2.75) is 32.9 Å². The third-order valence-electron chi connectivity index (χ3n) is 3.13. The predicted molar refractivity (Wildman–Crippen MR) is 83.4 cm³/mol. The van der Waals surface area contributed by atoms with Gasteiger partial charge in [-0.2, -0.15) is 0 Å². The highest BCUT2D eigenvalue weighted by Crippen LogP contribution is 2.11. The van der Waals surface area contributed by atoms with Crippen LogP contribution in [-0.2, 0) is 16.1 Å². The lowest BCUT2D eigenvalue weighted by Gasteiger charge is -2.12. The molecule has 21 heavy (non-hydrogen) atoms. The Kier molecular flexibility index (Phi) is 8.47. The molecule has 5 nitrogen and oxygen atoms in total. The van der Waals surface area contributed by atoms with Crippen LogP contribution in [0.15, 0.2) is 24.3 Å². The van der Waals surface area contributed by atoms with Crippen molar-refractivity contribution in [3.63, 3.8) is 0 Å². The van der Waals surface area contributed by atoms with E-state index in [1.54, 1.807) is 7.11 Å². The first-order valence-electron chi connectivity index (χ1n) is 7.36. The first kappa shape index (κ1) is 17.5. The van der Waals surface area contributed by atoms with Gasteiger partial charge >= 0.3 is 0 Å². The number of carbonyl (C=O) groups excluding carboxylic acids is 1. The fourth-order valence-corrected chi connectivity index (χ4v) is 1.68. The summed E-state index contributed by atoms with van der Waals surface area (Å²) < 4.78 is 10.4. The number of amides is 1. The van der Waals surface area contributed by atoms with Gasteiger partial charge in [0.1, 0.15) is 5.75 Å². The molecular weight excluding hydrogens is 268 g/mol. The standard InChI is InChI=1S/C16H26N2O3/c1-4-13(2)18-16(19)12-21-15-7-5-14(6-8-15)11-17-9-10-20-3/h5-8,13,17H,4,9-12H2,1-3H3,(H,18,19). The molecule has 5 heteroatoms. The van der Waals surface area contributed by atoms with Crippen LogP contribution in [0, 0.1) is 0 Å². The maximum atomic E-state index is 11.6. The molecule has 0 saturated carbocycles. The Morgan fingerprint density at radius 1 is 1.29 bits per heavy atom. The fourth-order valence-electron chi connectivity index (χ4n) is 1.68. The third kappa shape index (κ3) is 7.68. The first-order chi connectivity index (χ1) is 10.2. The molecule has 1 aromatic rings. The molecule has 0 saturated heterocycles. The van der Waals surface area contributed by atoms with Gasteiger partial charge in [-0.15, -0.1) is 0 Å². The number of rotatable bonds is 10. The molecule has 0 radical (unpaired) electrons. The molecule has 0 bridgehead atoms. The molecule has 118 valence electrons. The van der Waals surface area contributed by atoms with Crippen LogP contribution in [0.3, 0.4) is 0 Å². The smallest absolute Gasteiger partial charge is 0.258 e. The Bertz CT molecular complexity index is 406. The Morgan fingerprint density at radius 3 is 2.62 bits per heavy atom. The summed E-state index contributed by atoms with van der Waals surface area (Å²) >= 11 is 0. The summed E-state index contributed by atoms with van der Waals surface area (Å²) in [7, 11) is 1.69. The average molecular weight is 294 g/mol. The summed E-state index contributed by atoms with van der Waals surface area (Å²) in [6.07, 6.45) is 0.913. The molecule has 1 rings (SSSR count). The van der Waals surface area contributed by atoms with E-state index in [2.05, 4.69) is 10.6 Å². The topological polar surface area (TPSA) is 59.6 Å². The van der Waals surface area contributed by atoms with Crippen LogP contribution in [0.5, 0.6) is 5.75 Å². The van der Waals surface area contributed by atoms with Crippen molar-refractivity contribution in [3.05, 3.63) is 29.8 Å². The summed E-state index contributed by atoms with van der Waals surface area (Å²) in [4.78, 5) is 11.6. The van der Waals surface area contributed by atoms with Crippen LogP contribution in [0.4, 0.5) is 0 Å². The van der Waals surface area contributed by atoms with E-state index in [-0.39, 0.29) is 18.6 Å². The lowest BCUT2D eigenvalue weighted by Crippen LogP contribution is -2.35. The molecule has 1 amide bonds. The van der Waals surface area contributed by atoms with Crippen molar-refractivity contribution >= 4 is 5.91 Å². The molecule has 0 aromatic heterocycles. The number of nitrogens with one attached hydrogen (secondary N) is 2. The lowest BCUT2D eigenvalue weighted by atomic mass is 10.2. The summed E-state index contributed by atoms with van der Waals surface area (Å²) in [6, 6.07) is 7.92. The quantitative estimate of drug-likeness (QED) is 0.645. The van der Waals surface area contributed by atoms with E-state index in [0.717, 1.165) is 19.5 Å². The Morgan fingerprint density at radius 2 is 2.00 bits per heavy atom. The molecule has 0 aliphatic carbocycles. The van der Waals surface area contributed by atoms with E-state index >= 15 is 0 Å². The van der Waals surface area contributed by atoms with Gasteiger partial charge in [-0.25, -0.2) is 0 Å². The largest absolute Gasteiger partial charge is 0.484 e. The minimum atomic E-state index is -0.0883. The number of carbonyl (C=O) groups is 1. The van der Waals surface area contributed by atoms with Gasteiger partial charge in [0.15, 0.2) is 6.61 Å². The van der Waals surface area contributed by atoms with E-state index in [4.69, 9.17) is 9.47 Å². The molecule has 1 unspecified atom stereocenters. The average Bonchev–Trinajstić information content (AvgIpc) is 2.50. The molecule has 0 fully saturated rings.